The van der Waals surface area contributed by atoms with Crippen molar-refractivity contribution in [3.63, 3.8) is 0 Å². The van der Waals surface area contributed by atoms with Gasteiger partial charge < -0.3 is 15.4 Å². The molecule has 0 bridgehead atoms. The van der Waals surface area contributed by atoms with Gasteiger partial charge >= 0.3 is 0 Å². The molecule has 0 saturated carbocycles. The minimum atomic E-state index is -0.839. The van der Waals surface area contributed by atoms with E-state index in [4.69, 9.17) is 10.5 Å². The standard InChI is InChI=1S/C30H42N2O2/c1-7-9-13-24(4)30(29(31)33,27-14-11-10-12-15-27)25(5)18-20-32(6)21-19-26-16-17-28(34-8-2)23(3)22-26/h7,9-17,22,25H,8,18-21H2,1-6H3,(H2,31,33)/b9-7-,24-13+. The zero-order chi connectivity index (χ0) is 25.1. The van der Waals surface area contributed by atoms with Crippen LogP contribution in [0.3, 0.4) is 0 Å². The van der Waals surface area contributed by atoms with Crippen LogP contribution in [0.5, 0.6) is 5.75 Å². The summed E-state index contributed by atoms with van der Waals surface area (Å²) in [5, 5.41) is 0. The van der Waals surface area contributed by atoms with Crippen molar-refractivity contribution in [2.75, 3.05) is 26.7 Å². The molecule has 0 aliphatic heterocycles. The molecule has 0 aromatic heterocycles. The molecule has 0 heterocycles. The van der Waals surface area contributed by atoms with E-state index in [2.05, 4.69) is 44.0 Å². The number of likely N-dealkylation sites (N-methyl/N-ethyl adjacent to an activating group) is 1. The quantitative estimate of drug-likeness (QED) is 0.381. The van der Waals surface area contributed by atoms with Crippen LogP contribution in [0, 0.1) is 12.8 Å². The van der Waals surface area contributed by atoms with Crippen LogP contribution in [-0.4, -0.2) is 37.6 Å². The van der Waals surface area contributed by atoms with Crippen molar-refractivity contribution in [2.24, 2.45) is 11.7 Å². The van der Waals surface area contributed by atoms with Gasteiger partial charge in [-0.2, -0.15) is 0 Å². The van der Waals surface area contributed by atoms with Gasteiger partial charge in [0, 0.05) is 6.54 Å². The van der Waals surface area contributed by atoms with Crippen LogP contribution in [0.15, 0.2) is 72.3 Å². The van der Waals surface area contributed by atoms with E-state index in [0.29, 0.717) is 6.61 Å². The lowest BCUT2D eigenvalue weighted by atomic mass is 9.64. The molecule has 2 N–H and O–H groups in total. The Kier molecular flexibility index (Phi) is 10.6. The summed E-state index contributed by atoms with van der Waals surface area (Å²) in [6.45, 7) is 12.8. The van der Waals surface area contributed by atoms with Crippen molar-refractivity contribution in [1.29, 1.82) is 0 Å². The number of benzene rings is 2. The number of aryl methyl sites for hydroxylation is 1. The second-order valence-electron chi connectivity index (χ2n) is 9.19. The van der Waals surface area contributed by atoms with E-state index < -0.39 is 5.41 Å². The first kappa shape index (κ1) is 27.4. The van der Waals surface area contributed by atoms with E-state index >= 15 is 0 Å². The monoisotopic (exact) mass is 462 g/mol. The number of amides is 1. The Morgan fingerprint density at radius 1 is 1.18 bits per heavy atom. The number of nitrogens with zero attached hydrogens (tertiary/aromatic N) is 1. The maximum Gasteiger partial charge on any atom is 0.232 e. The topological polar surface area (TPSA) is 55.6 Å². The average Bonchev–Trinajstić information content (AvgIpc) is 2.82. The molecule has 0 fully saturated rings. The van der Waals surface area contributed by atoms with Crippen LogP contribution in [0.2, 0.25) is 0 Å². The van der Waals surface area contributed by atoms with Crippen molar-refractivity contribution in [3.8, 4) is 5.75 Å². The number of nitrogens with two attached hydrogens (primary N) is 1. The van der Waals surface area contributed by atoms with Crippen molar-refractivity contribution in [2.45, 2.75) is 52.9 Å². The molecule has 0 aliphatic rings. The van der Waals surface area contributed by atoms with Crippen molar-refractivity contribution in [1.82, 2.24) is 4.90 Å². The van der Waals surface area contributed by atoms with E-state index in [0.717, 1.165) is 42.8 Å². The van der Waals surface area contributed by atoms with Crippen LogP contribution < -0.4 is 10.5 Å². The van der Waals surface area contributed by atoms with Gasteiger partial charge in [-0.15, -0.1) is 0 Å². The zero-order valence-electron chi connectivity index (χ0n) is 21.8. The fourth-order valence-electron chi connectivity index (χ4n) is 4.80. The Morgan fingerprint density at radius 3 is 2.47 bits per heavy atom. The van der Waals surface area contributed by atoms with E-state index in [1.54, 1.807) is 0 Å². The number of hydrogen-bond acceptors (Lipinski definition) is 3. The van der Waals surface area contributed by atoms with Crippen molar-refractivity contribution in [3.05, 3.63) is 89.0 Å². The highest BCUT2D eigenvalue weighted by Gasteiger charge is 2.44. The predicted octanol–water partition coefficient (Wildman–Crippen LogP) is 5.84. The van der Waals surface area contributed by atoms with E-state index in [-0.39, 0.29) is 11.8 Å². The Balaban J connectivity index is 2.14. The molecule has 2 aromatic carbocycles. The lowest BCUT2D eigenvalue weighted by molar-refractivity contribution is -0.124. The van der Waals surface area contributed by atoms with Gasteiger partial charge in [-0.3, -0.25) is 4.79 Å². The fourth-order valence-corrected chi connectivity index (χ4v) is 4.80. The Hall–Kier alpha value is -2.85. The van der Waals surface area contributed by atoms with Gasteiger partial charge in [0.1, 0.15) is 5.75 Å². The molecule has 184 valence electrons. The summed E-state index contributed by atoms with van der Waals surface area (Å²) < 4.78 is 5.66. The first-order chi connectivity index (χ1) is 16.3. The highest BCUT2D eigenvalue weighted by Crippen LogP contribution is 2.41. The number of carbonyl (C=O) groups excluding carboxylic acids is 1. The number of ether oxygens (including phenoxy) is 1. The third kappa shape index (κ3) is 6.60. The molecule has 2 aromatic rings. The van der Waals surface area contributed by atoms with Gasteiger partial charge in [-0.1, -0.05) is 73.2 Å². The highest BCUT2D eigenvalue weighted by atomic mass is 16.5. The molecular formula is C30H42N2O2. The second-order valence-corrected chi connectivity index (χ2v) is 9.19. The maximum absolute atomic E-state index is 13.1. The average molecular weight is 463 g/mol. The smallest absolute Gasteiger partial charge is 0.232 e. The Labute approximate surface area is 206 Å². The fraction of sp³-hybridized carbons (Fsp3) is 0.433. The van der Waals surface area contributed by atoms with Crippen LogP contribution in [0.4, 0.5) is 0 Å². The largest absolute Gasteiger partial charge is 0.494 e. The van der Waals surface area contributed by atoms with Crippen molar-refractivity contribution >= 4 is 5.91 Å². The first-order valence-corrected chi connectivity index (χ1v) is 12.3. The number of allylic oxidation sites excluding steroid dienone is 3. The molecule has 34 heavy (non-hydrogen) atoms. The number of carbonyl (C=O) groups is 1. The first-order valence-electron chi connectivity index (χ1n) is 12.3. The summed E-state index contributed by atoms with van der Waals surface area (Å²) in [4.78, 5) is 15.4. The van der Waals surface area contributed by atoms with E-state index in [1.807, 2.05) is 69.3 Å². The summed E-state index contributed by atoms with van der Waals surface area (Å²) in [6.07, 6.45) is 7.80. The van der Waals surface area contributed by atoms with Crippen LogP contribution in [0.1, 0.15) is 50.8 Å². The van der Waals surface area contributed by atoms with Gasteiger partial charge in [0.2, 0.25) is 5.91 Å². The summed E-state index contributed by atoms with van der Waals surface area (Å²) in [7, 11) is 2.14. The third-order valence-corrected chi connectivity index (χ3v) is 6.78. The molecule has 1 amide bonds. The molecule has 0 radical (unpaired) electrons. The lowest BCUT2D eigenvalue weighted by Crippen LogP contribution is -2.48. The van der Waals surface area contributed by atoms with Gasteiger partial charge in [-0.05, 0) is 82.8 Å². The predicted molar refractivity (Wildman–Crippen MR) is 143 cm³/mol. The van der Waals surface area contributed by atoms with Crippen molar-refractivity contribution < 1.29 is 9.53 Å². The zero-order valence-corrected chi connectivity index (χ0v) is 21.8. The summed E-state index contributed by atoms with van der Waals surface area (Å²) in [5.41, 5.74) is 9.72. The molecule has 0 saturated heterocycles. The van der Waals surface area contributed by atoms with Crippen LogP contribution in [0.25, 0.3) is 0 Å². The molecule has 0 aliphatic carbocycles. The van der Waals surface area contributed by atoms with Gasteiger partial charge in [0.05, 0.1) is 12.0 Å². The minimum Gasteiger partial charge on any atom is -0.494 e. The second kappa shape index (κ2) is 13.1. The number of primary amides is 1. The number of hydrogen-bond donors (Lipinski definition) is 1. The molecule has 4 nitrogen and oxygen atoms in total. The lowest BCUT2D eigenvalue weighted by Gasteiger charge is -2.39. The van der Waals surface area contributed by atoms with Gasteiger partial charge in [0.15, 0.2) is 0 Å². The number of rotatable bonds is 13. The summed E-state index contributed by atoms with van der Waals surface area (Å²) >= 11 is 0. The highest BCUT2D eigenvalue weighted by molar-refractivity contribution is 5.91. The SMILES string of the molecule is C/C=C\C=C(/C)C(C(N)=O)(c1ccccc1)C(C)CCN(C)CCc1ccc(OCC)c(C)c1. The minimum absolute atomic E-state index is 0.0454. The molecule has 2 atom stereocenters. The molecule has 0 spiro atoms. The van der Waals surface area contributed by atoms with Gasteiger partial charge in [-0.25, -0.2) is 0 Å². The van der Waals surface area contributed by atoms with E-state index in [1.165, 1.54) is 11.1 Å². The Bertz CT molecular complexity index is 981. The third-order valence-electron chi connectivity index (χ3n) is 6.78. The normalized spacial score (nSPS) is 14.9. The molecule has 2 unspecified atom stereocenters. The molecule has 4 heteroatoms. The molecule has 2 rings (SSSR count). The van der Waals surface area contributed by atoms with Crippen LogP contribution in [-0.2, 0) is 16.6 Å². The Morgan fingerprint density at radius 2 is 1.88 bits per heavy atom. The van der Waals surface area contributed by atoms with Crippen LogP contribution >= 0.6 is 0 Å². The molecular weight excluding hydrogens is 420 g/mol. The maximum atomic E-state index is 13.1. The van der Waals surface area contributed by atoms with E-state index in [9.17, 15) is 4.79 Å². The summed E-state index contributed by atoms with van der Waals surface area (Å²) in [6, 6.07) is 16.4. The van der Waals surface area contributed by atoms with Gasteiger partial charge in [0.25, 0.3) is 0 Å². The summed E-state index contributed by atoms with van der Waals surface area (Å²) in [5.74, 6) is 0.708.